The van der Waals surface area contributed by atoms with Gasteiger partial charge in [-0.05, 0) is 24.6 Å². The number of hydrogen-bond donors (Lipinski definition) is 0. The van der Waals surface area contributed by atoms with E-state index in [9.17, 15) is 4.79 Å². The Balaban J connectivity index is 1.66. The van der Waals surface area contributed by atoms with E-state index in [0.29, 0.717) is 6.42 Å². The second kappa shape index (κ2) is 7.82. The molecule has 0 radical (unpaired) electrons. The second-order valence-corrected chi connectivity index (χ2v) is 7.61. The Hall–Kier alpha value is -2.18. The fourth-order valence-electron chi connectivity index (χ4n) is 3.85. The summed E-state index contributed by atoms with van der Waals surface area (Å²) in [7, 11) is 1.89. The van der Waals surface area contributed by atoms with Crippen LogP contribution >= 0.6 is 0 Å². The normalized spacial score (nSPS) is 19.6. The number of aryl methyl sites for hydroxylation is 1. The molecule has 0 aliphatic carbocycles. The summed E-state index contributed by atoms with van der Waals surface area (Å²) in [6.07, 6.45) is 0.587. The van der Waals surface area contributed by atoms with Gasteiger partial charge in [0.05, 0.1) is 18.7 Å². The third kappa shape index (κ3) is 4.06. The summed E-state index contributed by atoms with van der Waals surface area (Å²) in [5.74, 6) is 1.30. The van der Waals surface area contributed by atoms with Gasteiger partial charge in [-0.3, -0.25) is 9.69 Å². The van der Waals surface area contributed by atoms with Crippen LogP contribution in [0.5, 0.6) is 0 Å². The quantitative estimate of drug-likeness (QED) is 0.830. The number of morpholine rings is 1. The Morgan fingerprint density at radius 1 is 1.07 bits per heavy atom. The molecule has 2 fully saturated rings. The number of hydrogen-bond acceptors (Lipinski definition) is 5. The van der Waals surface area contributed by atoms with E-state index in [1.54, 1.807) is 0 Å². The SMILES string of the molecule is Cc1ccc2cc(CN3CCC(=O)N(C)CC3)c(N3CCOCC3)nc2c1. The van der Waals surface area contributed by atoms with E-state index in [2.05, 4.69) is 41.0 Å². The molecule has 0 spiro atoms. The Labute approximate surface area is 160 Å². The summed E-state index contributed by atoms with van der Waals surface area (Å²) in [6.45, 7) is 8.65. The van der Waals surface area contributed by atoms with Gasteiger partial charge >= 0.3 is 0 Å². The van der Waals surface area contributed by atoms with Crippen molar-refractivity contribution in [1.29, 1.82) is 0 Å². The number of amides is 1. The van der Waals surface area contributed by atoms with Crippen LogP contribution in [0.25, 0.3) is 10.9 Å². The van der Waals surface area contributed by atoms with Gasteiger partial charge in [0.1, 0.15) is 5.82 Å². The number of fused-ring (bicyclic) bond motifs is 1. The molecule has 3 heterocycles. The first-order valence-corrected chi connectivity index (χ1v) is 9.79. The van der Waals surface area contributed by atoms with E-state index < -0.39 is 0 Å². The minimum atomic E-state index is 0.234. The number of anilines is 1. The van der Waals surface area contributed by atoms with E-state index in [1.165, 1.54) is 16.5 Å². The van der Waals surface area contributed by atoms with Crippen molar-refractivity contribution in [2.24, 2.45) is 0 Å². The number of aromatic nitrogens is 1. The molecule has 2 aliphatic heterocycles. The van der Waals surface area contributed by atoms with Gasteiger partial charge < -0.3 is 14.5 Å². The van der Waals surface area contributed by atoms with Gasteiger partial charge in [0.25, 0.3) is 0 Å². The Morgan fingerprint density at radius 3 is 2.70 bits per heavy atom. The highest BCUT2D eigenvalue weighted by Gasteiger charge is 2.22. The van der Waals surface area contributed by atoms with E-state index in [-0.39, 0.29) is 5.91 Å². The van der Waals surface area contributed by atoms with Gasteiger partial charge in [0.15, 0.2) is 0 Å². The van der Waals surface area contributed by atoms with Gasteiger partial charge in [-0.25, -0.2) is 4.98 Å². The summed E-state index contributed by atoms with van der Waals surface area (Å²) in [5, 5.41) is 1.18. The molecule has 0 unspecified atom stereocenters. The van der Waals surface area contributed by atoms with Crippen molar-refractivity contribution in [1.82, 2.24) is 14.8 Å². The van der Waals surface area contributed by atoms with Crippen molar-refractivity contribution in [3.63, 3.8) is 0 Å². The van der Waals surface area contributed by atoms with Gasteiger partial charge in [-0.1, -0.05) is 12.1 Å². The van der Waals surface area contributed by atoms with Crippen LogP contribution in [-0.2, 0) is 16.1 Å². The van der Waals surface area contributed by atoms with Crippen molar-refractivity contribution in [3.8, 4) is 0 Å². The zero-order valence-electron chi connectivity index (χ0n) is 16.3. The number of likely N-dealkylation sites (N-methyl/N-ethyl adjacent to an activating group) is 1. The lowest BCUT2D eigenvalue weighted by atomic mass is 10.1. The maximum Gasteiger partial charge on any atom is 0.223 e. The van der Waals surface area contributed by atoms with Crippen LogP contribution in [0.15, 0.2) is 24.3 Å². The summed E-state index contributed by atoms with van der Waals surface area (Å²) in [4.78, 5) is 23.6. The van der Waals surface area contributed by atoms with Crippen LogP contribution in [-0.4, -0.2) is 73.7 Å². The molecule has 6 nitrogen and oxygen atoms in total. The lowest BCUT2D eigenvalue weighted by molar-refractivity contribution is -0.129. The van der Waals surface area contributed by atoms with E-state index >= 15 is 0 Å². The number of pyridine rings is 1. The number of carbonyl (C=O) groups is 1. The fraction of sp³-hybridized carbons (Fsp3) is 0.524. The van der Waals surface area contributed by atoms with E-state index in [0.717, 1.165) is 63.8 Å². The molecule has 0 bridgehead atoms. The predicted molar refractivity (Wildman–Crippen MR) is 107 cm³/mol. The van der Waals surface area contributed by atoms with Crippen LogP contribution < -0.4 is 4.90 Å². The van der Waals surface area contributed by atoms with Crippen LogP contribution in [0, 0.1) is 6.92 Å². The first kappa shape index (κ1) is 18.2. The van der Waals surface area contributed by atoms with E-state index in [4.69, 9.17) is 9.72 Å². The summed E-state index contributed by atoms with van der Waals surface area (Å²) in [5.41, 5.74) is 3.51. The molecular weight excluding hydrogens is 340 g/mol. The number of nitrogens with zero attached hydrogens (tertiary/aromatic N) is 4. The highest BCUT2D eigenvalue weighted by Crippen LogP contribution is 2.27. The average Bonchev–Trinajstić information content (AvgIpc) is 2.84. The molecule has 144 valence electrons. The van der Waals surface area contributed by atoms with Crippen molar-refractivity contribution < 1.29 is 9.53 Å². The maximum atomic E-state index is 12.0. The topological polar surface area (TPSA) is 48.9 Å². The summed E-state index contributed by atoms with van der Waals surface area (Å²) in [6, 6.07) is 8.73. The first-order chi connectivity index (χ1) is 13.1. The van der Waals surface area contributed by atoms with Gasteiger partial charge in [0.2, 0.25) is 5.91 Å². The molecule has 2 aliphatic rings. The molecule has 4 rings (SSSR count). The Bertz CT molecular complexity index is 832. The van der Waals surface area contributed by atoms with Crippen molar-refractivity contribution >= 4 is 22.6 Å². The van der Waals surface area contributed by atoms with Crippen LogP contribution in [0.4, 0.5) is 5.82 Å². The third-order valence-electron chi connectivity index (χ3n) is 5.55. The van der Waals surface area contributed by atoms with Crippen LogP contribution in [0.1, 0.15) is 17.5 Å². The molecule has 6 heteroatoms. The lowest BCUT2D eigenvalue weighted by Gasteiger charge is -2.31. The van der Waals surface area contributed by atoms with Gasteiger partial charge in [-0.2, -0.15) is 0 Å². The van der Waals surface area contributed by atoms with Gasteiger partial charge in [0, 0.05) is 63.7 Å². The van der Waals surface area contributed by atoms with E-state index in [1.807, 2.05) is 11.9 Å². The molecule has 1 aromatic carbocycles. The third-order valence-corrected chi connectivity index (χ3v) is 5.55. The Kier molecular flexibility index (Phi) is 5.27. The standard InChI is InChI=1S/C21H28N4O2/c1-16-3-4-17-14-18(15-24-6-5-20(26)23(2)7-8-24)21(22-19(17)13-16)25-9-11-27-12-10-25/h3-4,13-14H,5-12,15H2,1-2H3. The molecular formula is C21H28N4O2. The molecule has 1 aromatic heterocycles. The molecule has 2 aromatic rings. The molecule has 0 atom stereocenters. The zero-order chi connectivity index (χ0) is 18.8. The van der Waals surface area contributed by atoms with Crippen LogP contribution in [0.3, 0.4) is 0 Å². The second-order valence-electron chi connectivity index (χ2n) is 7.61. The number of benzene rings is 1. The molecule has 0 N–H and O–H groups in total. The molecule has 1 amide bonds. The minimum Gasteiger partial charge on any atom is -0.378 e. The van der Waals surface area contributed by atoms with Crippen molar-refractivity contribution in [3.05, 3.63) is 35.4 Å². The van der Waals surface area contributed by atoms with Crippen molar-refractivity contribution in [2.75, 3.05) is 57.9 Å². The minimum absolute atomic E-state index is 0.234. The van der Waals surface area contributed by atoms with Crippen molar-refractivity contribution in [2.45, 2.75) is 19.9 Å². The zero-order valence-corrected chi connectivity index (χ0v) is 16.3. The number of ether oxygens (including phenoxy) is 1. The number of rotatable bonds is 3. The highest BCUT2D eigenvalue weighted by atomic mass is 16.5. The summed E-state index contributed by atoms with van der Waals surface area (Å²) < 4.78 is 5.53. The number of carbonyl (C=O) groups excluding carboxylic acids is 1. The smallest absolute Gasteiger partial charge is 0.223 e. The Morgan fingerprint density at radius 2 is 1.89 bits per heavy atom. The average molecular weight is 368 g/mol. The lowest BCUT2D eigenvalue weighted by Crippen LogP contribution is -2.38. The molecule has 0 saturated carbocycles. The predicted octanol–water partition coefficient (Wildman–Crippen LogP) is 2.04. The monoisotopic (exact) mass is 368 g/mol. The van der Waals surface area contributed by atoms with Crippen LogP contribution in [0.2, 0.25) is 0 Å². The molecule has 2 saturated heterocycles. The molecule has 27 heavy (non-hydrogen) atoms. The van der Waals surface area contributed by atoms with Gasteiger partial charge in [-0.15, -0.1) is 0 Å². The summed E-state index contributed by atoms with van der Waals surface area (Å²) >= 11 is 0. The largest absolute Gasteiger partial charge is 0.378 e. The highest BCUT2D eigenvalue weighted by molar-refractivity contribution is 5.82. The maximum absolute atomic E-state index is 12.0. The first-order valence-electron chi connectivity index (χ1n) is 9.79. The fourth-order valence-corrected chi connectivity index (χ4v) is 3.85.